The molecule has 1 saturated carbocycles. The lowest BCUT2D eigenvalue weighted by molar-refractivity contribution is -0.175. The number of halogens is 3. The van der Waals surface area contributed by atoms with Gasteiger partial charge in [-0.15, -0.1) is 0 Å². The molecule has 39 heavy (non-hydrogen) atoms. The van der Waals surface area contributed by atoms with Crippen LogP contribution < -0.4 is 16.0 Å². The van der Waals surface area contributed by atoms with E-state index in [0.29, 0.717) is 19.4 Å². The summed E-state index contributed by atoms with van der Waals surface area (Å²) in [4.78, 5) is 52.5. The molecule has 3 amide bonds. The van der Waals surface area contributed by atoms with Gasteiger partial charge in [0.25, 0.3) is 0 Å². The van der Waals surface area contributed by atoms with Gasteiger partial charge in [0.1, 0.15) is 6.04 Å². The van der Waals surface area contributed by atoms with Crippen molar-refractivity contribution in [3.63, 3.8) is 0 Å². The van der Waals surface area contributed by atoms with E-state index in [1.54, 1.807) is 25.7 Å². The molecule has 9 nitrogen and oxygen atoms in total. The SMILES string of the molecule is CC1(C)CCC(CC(C#N)NC(=O)C2CC3(CCC3)CN2CC(=O)C(NC(=O)C(F)(F)F)C(C)(C)C)C(=O)N1. The molecule has 0 aromatic rings. The van der Waals surface area contributed by atoms with Gasteiger partial charge < -0.3 is 16.0 Å². The summed E-state index contributed by atoms with van der Waals surface area (Å²) in [5, 5.41) is 17.2. The van der Waals surface area contributed by atoms with Crippen molar-refractivity contribution in [1.29, 1.82) is 5.26 Å². The summed E-state index contributed by atoms with van der Waals surface area (Å²) in [6, 6.07) is -0.988. The van der Waals surface area contributed by atoms with Gasteiger partial charge in [-0.2, -0.15) is 18.4 Å². The molecular formula is C27H40F3N5O4. The molecule has 2 aliphatic heterocycles. The number of hydrogen-bond acceptors (Lipinski definition) is 6. The van der Waals surface area contributed by atoms with Crippen LogP contribution in [0.25, 0.3) is 0 Å². The second-order valence-corrected chi connectivity index (χ2v) is 13.2. The monoisotopic (exact) mass is 555 g/mol. The van der Waals surface area contributed by atoms with Gasteiger partial charge in [0.2, 0.25) is 11.8 Å². The summed E-state index contributed by atoms with van der Waals surface area (Å²) in [6.07, 6.45) is -0.435. The van der Waals surface area contributed by atoms with Crippen LogP contribution in [-0.2, 0) is 19.2 Å². The van der Waals surface area contributed by atoms with E-state index in [4.69, 9.17) is 0 Å². The molecule has 4 atom stereocenters. The molecule has 3 aliphatic rings. The smallest absolute Gasteiger partial charge is 0.351 e. The quantitative estimate of drug-likeness (QED) is 0.422. The van der Waals surface area contributed by atoms with Crippen LogP contribution in [0.15, 0.2) is 0 Å². The van der Waals surface area contributed by atoms with Gasteiger partial charge in [0.15, 0.2) is 5.78 Å². The third-order valence-corrected chi connectivity index (χ3v) is 8.35. The summed E-state index contributed by atoms with van der Waals surface area (Å²) in [5.74, 6) is -3.81. The van der Waals surface area contributed by atoms with Crippen LogP contribution in [0, 0.1) is 28.1 Å². The van der Waals surface area contributed by atoms with Crippen LogP contribution in [0.2, 0.25) is 0 Å². The average molecular weight is 556 g/mol. The Morgan fingerprint density at radius 1 is 1.15 bits per heavy atom. The fourth-order valence-electron chi connectivity index (χ4n) is 5.98. The van der Waals surface area contributed by atoms with E-state index in [1.165, 1.54) is 0 Å². The Labute approximate surface area is 227 Å². The zero-order chi connectivity index (χ0) is 29.4. The summed E-state index contributed by atoms with van der Waals surface area (Å²) >= 11 is 0. The molecule has 0 aromatic heterocycles. The zero-order valence-corrected chi connectivity index (χ0v) is 23.3. The minimum atomic E-state index is -5.13. The van der Waals surface area contributed by atoms with Crippen molar-refractivity contribution in [2.45, 2.75) is 109 Å². The van der Waals surface area contributed by atoms with E-state index < -0.39 is 53.2 Å². The van der Waals surface area contributed by atoms with E-state index >= 15 is 0 Å². The first-order valence-electron chi connectivity index (χ1n) is 13.5. The van der Waals surface area contributed by atoms with E-state index in [9.17, 15) is 37.6 Å². The standard InChI is InChI=1S/C27H40F3N5O4/c1-24(2,3)20(33-23(39)27(28,29)30)19(36)14-35-15-26(8-6-9-26)12-18(35)22(38)32-17(13-31)11-16-7-10-25(4,5)34-21(16)37/h16-18,20H,6-12,14-15H2,1-5H3,(H,32,38)(H,33,39)(H,34,37). The molecule has 2 saturated heterocycles. The lowest BCUT2D eigenvalue weighted by Gasteiger charge is -2.38. The Balaban J connectivity index is 1.71. The molecule has 0 bridgehead atoms. The number of carbonyl (C=O) groups excluding carboxylic acids is 4. The highest BCUT2D eigenvalue weighted by atomic mass is 19.4. The fourth-order valence-corrected chi connectivity index (χ4v) is 5.98. The van der Waals surface area contributed by atoms with Crippen LogP contribution in [0.3, 0.4) is 0 Å². The molecule has 2 heterocycles. The second-order valence-electron chi connectivity index (χ2n) is 13.2. The lowest BCUT2D eigenvalue weighted by Crippen LogP contribution is -2.56. The van der Waals surface area contributed by atoms with E-state index in [-0.39, 0.29) is 29.8 Å². The van der Waals surface area contributed by atoms with Crippen molar-refractivity contribution in [2.75, 3.05) is 13.1 Å². The number of nitrogens with zero attached hydrogens (tertiary/aromatic N) is 2. The number of likely N-dealkylation sites (tertiary alicyclic amines) is 1. The zero-order valence-electron chi connectivity index (χ0n) is 23.3. The molecular weight excluding hydrogens is 515 g/mol. The van der Waals surface area contributed by atoms with Crippen molar-refractivity contribution in [3.8, 4) is 6.07 Å². The Kier molecular flexibility index (Phi) is 8.75. The molecule has 3 rings (SSSR count). The second kappa shape index (κ2) is 11.1. The molecule has 218 valence electrons. The van der Waals surface area contributed by atoms with Gasteiger partial charge in [-0.3, -0.25) is 24.1 Å². The minimum absolute atomic E-state index is 0.156. The maximum Gasteiger partial charge on any atom is 0.471 e. The number of nitriles is 1. The lowest BCUT2D eigenvalue weighted by atomic mass is 9.67. The predicted octanol–water partition coefficient (Wildman–Crippen LogP) is 2.60. The van der Waals surface area contributed by atoms with E-state index in [2.05, 4.69) is 16.7 Å². The van der Waals surface area contributed by atoms with Crippen molar-refractivity contribution in [1.82, 2.24) is 20.9 Å². The summed E-state index contributed by atoms with van der Waals surface area (Å²) in [5.41, 5.74) is -1.48. The molecule has 0 radical (unpaired) electrons. The summed E-state index contributed by atoms with van der Waals surface area (Å²) in [6.45, 7) is 8.66. The van der Waals surface area contributed by atoms with Gasteiger partial charge in [0.05, 0.1) is 24.7 Å². The highest BCUT2D eigenvalue weighted by Crippen LogP contribution is 2.50. The fraction of sp³-hybridized carbons (Fsp3) is 0.815. The van der Waals surface area contributed by atoms with E-state index in [0.717, 1.165) is 25.7 Å². The number of carbonyl (C=O) groups is 4. The van der Waals surface area contributed by atoms with Gasteiger partial charge in [-0.1, -0.05) is 27.2 Å². The van der Waals surface area contributed by atoms with E-state index in [1.807, 2.05) is 19.2 Å². The maximum atomic E-state index is 13.4. The van der Waals surface area contributed by atoms with Gasteiger partial charge in [0, 0.05) is 18.0 Å². The van der Waals surface area contributed by atoms with Crippen molar-refractivity contribution in [3.05, 3.63) is 0 Å². The highest BCUT2D eigenvalue weighted by Gasteiger charge is 2.51. The van der Waals surface area contributed by atoms with Crippen molar-refractivity contribution < 1.29 is 32.3 Å². The Morgan fingerprint density at radius 3 is 2.28 bits per heavy atom. The molecule has 3 N–H and O–H groups in total. The van der Waals surface area contributed by atoms with Crippen LogP contribution >= 0.6 is 0 Å². The average Bonchev–Trinajstić information content (AvgIpc) is 3.16. The number of rotatable bonds is 8. The summed E-state index contributed by atoms with van der Waals surface area (Å²) in [7, 11) is 0. The number of alkyl halides is 3. The first-order valence-corrected chi connectivity index (χ1v) is 13.5. The van der Waals surface area contributed by atoms with Gasteiger partial charge in [-0.05, 0) is 63.2 Å². The van der Waals surface area contributed by atoms with Crippen molar-refractivity contribution in [2.24, 2.45) is 16.7 Å². The van der Waals surface area contributed by atoms with Gasteiger partial charge in [-0.25, -0.2) is 0 Å². The summed E-state index contributed by atoms with van der Waals surface area (Å²) < 4.78 is 38.8. The third kappa shape index (κ3) is 7.50. The predicted molar refractivity (Wildman–Crippen MR) is 136 cm³/mol. The van der Waals surface area contributed by atoms with Crippen LogP contribution in [0.4, 0.5) is 13.2 Å². The van der Waals surface area contributed by atoms with Crippen molar-refractivity contribution >= 4 is 23.5 Å². The third-order valence-electron chi connectivity index (χ3n) is 8.35. The first kappa shape index (κ1) is 30.9. The molecule has 0 aromatic carbocycles. The number of hydrogen-bond donors (Lipinski definition) is 3. The molecule has 1 spiro atoms. The Hall–Kier alpha value is -2.68. The topological polar surface area (TPSA) is 131 Å². The molecule has 1 aliphatic carbocycles. The maximum absolute atomic E-state index is 13.4. The molecule has 4 unspecified atom stereocenters. The Bertz CT molecular complexity index is 1030. The highest BCUT2D eigenvalue weighted by molar-refractivity contribution is 5.93. The van der Waals surface area contributed by atoms with Gasteiger partial charge >= 0.3 is 12.1 Å². The largest absolute Gasteiger partial charge is 0.471 e. The van der Waals surface area contributed by atoms with Crippen LogP contribution in [0.1, 0.15) is 79.6 Å². The Morgan fingerprint density at radius 2 is 1.79 bits per heavy atom. The number of piperidine rings is 1. The van der Waals surface area contributed by atoms with Crippen LogP contribution in [-0.4, -0.2) is 71.3 Å². The number of amides is 3. The number of ketones is 1. The normalized spacial score (nSPS) is 26.1. The van der Waals surface area contributed by atoms with Crippen LogP contribution in [0.5, 0.6) is 0 Å². The number of Topliss-reactive ketones (excluding diaryl/α,β-unsaturated/α-hetero) is 1. The molecule has 3 fully saturated rings. The first-order chi connectivity index (χ1) is 17.9. The molecule has 12 heteroatoms. The minimum Gasteiger partial charge on any atom is -0.351 e. The number of nitrogens with one attached hydrogen (secondary N) is 3.